The van der Waals surface area contributed by atoms with Crippen molar-refractivity contribution in [3.63, 3.8) is 0 Å². The van der Waals surface area contributed by atoms with Crippen LogP contribution in [-0.4, -0.2) is 103 Å². The molecule has 2 aliphatic rings. The predicted molar refractivity (Wildman–Crippen MR) is 200 cm³/mol. The van der Waals surface area contributed by atoms with Crippen molar-refractivity contribution in [1.82, 2.24) is 29.7 Å². The lowest BCUT2D eigenvalue weighted by Crippen LogP contribution is -2.52. The minimum absolute atomic E-state index is 0.414. The molecular formula is C35H45BrN9O2P. The number of rotatable bonds is 10. The Labute approximate surface area is 292 Å². The van der Waals surface area contributed by atoms with Gasteiger partial charge in [-0.2, -0.15) is 4.98 Å². The zero-order valence-corrected chi connectivity index (χ0v) is 30.9. The van der Waals surface area contributed by atoms with Crippen LogP contribution in [0.4, 0.5) is 28.8 Å². The molecule has 2 fully saturated rings. The van der Waals surface area contributed by atoms with E-state index in [2.05, 4.69) is 82.3 Å². The molecule has 0 amide bonds. The fraction of sp³-hybridized carbons (Fsp3) is 0.429. The molecular weight excluding hydrogens is 689 g/mol. The highest BCUT2D eigenvalue weighted by atomic mass is 79.9. The Morgan fingerprint density at radius 1 is 0.938 bits per heavy atom. The molecule has 0 atom stereocenters. The van der Waals surface area contributed by atoms with Crippen LogP contribution in [0, 0.1) is 0 Å². The molecule has 2 aromatic carbocycles. The third-order valence-corrected chi connectivity index (χ3v) is 11.5. The lowest BCUT2D eigenvalue weighted by molar-refractivity contribution is 0.0982. The maximum Gasteiger partial charge on any atom is 0.229 e. The SMILES string of the molecule is CCc1cc(Nc2ncc(Br)c(Nc3ccc(-c4cncnc4)cc3P(C)(C)=O)n2)c(OC)cc1N1CCC(N2CCN(C)CC2)CC1. The van der Waals surface area contributed by atoms with Crippen molar-refractivity contribution in [3.8, 4) is 16.9 Å². The number of aromatic nitrogens is 4. The van der Waals surface area contributed by atoms with Gasteiger partial charge < -0.3 is 29.7 Å². The summed E-state index contributed by atoms with van der Waals surface area (Å²) in [6.07, 6.45) is 9.93. The molecule has 48 heavy (non-hydrogen) atoms. The minimum atomic E-state index is -2.67. The predicted octanol–water partition coefficient (Wildman–Crippen LogP) is 6.22. The van der Waals surface area contributed by atoms with Gasteiger partial charge in [-0.1, -0.05) is 13.0 Å². The van der Waals surface area contributed by atoms with Crippen LogP contribution in [0.25, 0.3) is 11.1 Å². The molecule has 254 valence electrons. The van der Waals surface area contributed by atoms with Gasteiger partial charge in [0.05, 0.1) is 23.0 Å². The highest BCUT2D eigenvalue weighted by molar-refractivity contribution is 9.10. The topological polar surface area (TPSA) is 112 Å². The summed E-state index contributed by atoms with van der Waals surface area (Å²) >= 11 is 3.60. The average Bonchev–Trinajstić information content (AvgIpc) is 3.10. The smallest absolute Gasteiger partial charge is 0.229 e. The lowest BCUT2D eigenvalue weighted by atomic mass is 9.99. The van der Waals surface area contributed by atoms with Crippen molar-refractivity contribution in [2.45, 2.75) is 32.2 Å². The van der Waals surface area contributed by atoms with Crippen LogP contribution in [0.15, 0.2) is 59.7 Å². The Kier molecular flexibility index (Phi) is 10.6. The first-order valence-corrected chi connectivity index (χ1v) is 19.9. The van der Waals surface area contributed by atoms with Gasteiger partial charge in [-0.15, -0.1) is 0 Å². The Morgan fingerprint density at radius 2 is 1.67 bits per heavy atom. The maximum atomic E-state index is 13.4. The molecule has 4 heterocycles. The van der Waals surface area contributed by atoms with Gasteiger partial charge in [0.1, 0.15) is 25.0 Å². The van der Waals surface area contributed by atoms with Crippen LogP contribution in [0.2, 0.25) is 0 Å². The minimum Gasteiger partial charge on any atom is -0.494 e. The second kappa shape index (κ2) is 14.9. The molecule has 2 N–H and O–H groups in total. The summed E-state index contributed by atoms with van der Waals surface area (Å²) in [4.78, 5) is 25.2. The van der Waals surface area contributed by atoms with E-state index >= 15 is 0 Å². The first-order chi connectivity index (χ1) is 23.1. The number of piperidine rings is 1. The summed E-state index contributed by atoms with van der Waals surface area (Å²) in [6, 6.07) is 10.8. The number of halogens is 1. The quantitative estimate of drug-likeness (QED) is 0.181. The number of nitrogens with one attached hydrogen (secondary N) is 2. The molecule has 2 aromatic heterocycles. The second-order valence-corrected chi connectivity index (χ2v) is 17.0. The summed E-state index contributed by atoms with van der Waals surface area (Å²) in [5, 5.41) is 7.51. The summed E-state index contributed by atoms with van der Waals surface area (Å²) in [7, 11) is 1.24. The van der Waals surface area contributed by atoms with Gasteiger partial charge in [0, 0.05) is 86.5 Å². The van der Waals surface area contributed by atoms with E-state index in [-0.39, 0.29) is 0 Å². The van der Waals surface area contributed by atoms with E-state index in [1.54, 1.807) is 39.0 Å². The number of methoxy groups -OCH3 is 1. The number of hydrogen-bond donors (Lipinski definition) is 2. The first kappa shape index (κ1) is 34.3. The normalized spacial score (nSPS) is 16.6. The number of ether oxygens (including phenoxy) is 1. The third kappa shape index (κ3) is 7.83. The highest BCUT2D eigenvalue weighted by Crippen LogP contribution is 2.41. The van der Waals surface area contributed by atoms with Crippen LogP contribution in [0.1, 0.15) is 25.3 Å². The van der Waals surface area contributed by atoms with Crippen molar-refractivity contribution in [2.24, 2.45) is 0 Å². The van der Waals surface area contributed by atoms with Crippen molar-refractivity contribution in [3.05, 3.63) is 65.3 Å². The molecule has 11 nitrogen and oxygen atoms in total. The summed E-state index contributed by atoms with van der Waals surface area (Å²) in [5.74, 6) is 1.70. The van der Waals surface area contributed by atoms with Crippen molar-refractivity contribution >= 4 is 57.2 Å². The molecule has 0 spiro atoms. The van der Waals surface area contributed by atoms with Gasteiger partial charge in [0.2, 0.25) is 5.95 Å². The number of piperazine rings is 1. The van der Waals surface area contributed by atoms with E-state index in [1.807, 2.05) is 18.2 Å². The van der Waals surface area contributed by atoms with Crippen molar-refractivity contribution in [2.75, 3.05) is 82.3 Å². The van der Waals surface area contributed by atoms with E-state index in [0.29, 0.717) is 33.3 Å². The number of hydrogen-bond acceptors (Lipinski definition) is 11. The van der Waals surface area contributed by atoms with Gasteiger partial charge in [-0.05, 0) is 84.9 Å². The average molecular weight is 735 g/mol. The second-order valence-electron chi connectivity index (χ2n) is 12.9. The molecule has 0 radical (unpaired) electrons. The molecule has 2 saturated heterocycles. The van der Waals surface area contributed by atoms with Crippen molar-refractivity contribution < 1.29 is 9.30 Å². The maximum absolute atomic E-state index is 13.4. The van der Waals surface area contributed by atoms with Crippen LogP contribution in [-0.2, 0) is 11.0 Å². The van der Waals surface area contributed by atoms with E-state index in [0.717, 1.165) is 55.2 Å². The molecule has 0 saturated carbocycles. The van der Waals surface area contributed by atoms with E-state index in [9.17, 15) is 4.57 Å². The zero-order valence-electron chi connectivity index (χ0n) is 28.4. The van der Waals surface area contributed by atoms with Gasteiger partial charge >= 0.3 is 0 Å². The van der Waals surface area contributed by atoms with Gasteiger partial charge in [-0.3, -0.25) is 4.90 Å². The molecule has 2 aliphatic heterocycles. The Balaban J connectivity index is 1.21. The third-order valence-electron chi connectivity index (χ3n) is 9.36. The molecule has 0 bridgehead atoms. The fourth-order valence-electron chi connectivity index (χ4n) is 6.59. The number of aryl methyl sites for hydroxylation is 1. The molecule has 6 rings (SSSR count). The van der Waals surface area contributed by atoms with E-state index < -0.39 is 7.14 Å². The Hall–Kier alpha value is -3.57. The monoisotopic (exact) mass is 733 g/mol. The van der Waals surface area contributed by atoms with Crippen molar-refractivity contribution in [1.29, 1.82) is 0 Å². The Bertz CT molecular complexity index is 1770. The van der Waals surface area contributed by atoms with Crippen LogP contribution >= 0.6 is 23.1 Å². The van der Waals surface area contributed by atoms with Crippen LogP contribution in [0.3, 0.4) is 0 Å². The standard InChI is InChI=1S/C35H45BrN9O2P/c1-6-24-17-30(32(47-3)19-31(24)45-11-9-27(10-12-45)44-15-13-43(2)14-16-44)41-35-39-22-28(36)34(42-35)40-29-8-7-25(18-33(29)48(4,5)46)26-20-37-23-38-21-26/h7-8,17-23,27H,6,9-16H2,1-5H3,(H2,39,40,41,42). The number of nitrogens with zero attached hydrogens (tertiary/aromatic N) is 7. The molecule has 0 unspecified atom stereocenters. The summed E-state index contributed by atoms with van der Waals surface area (Å²) in [5.41, 5.74) is 5.75. The van der Waals surface area contributed by atoms with Gasteiger partial charge in [-0.25, -0.2) is 15.0 Å². The first-order valence-electron chi connectivity index (χ1n) is 16.5. The van der Waals surface area contributed by atoms with E-state index in [1.165, 1.54) is 43.5 Å². The largest absolute Gasteiger partial charge is 0.494 e. The molecule has 4 aromatic rings. The fourth-order valence-corrected chi connectivity index (χ4v) is 8.04. The highest BCUT2D eigenvalue weighted by Gasteiger charge is 2.28. The molecule has 0 aliphatic carbocycles. The number of anilines is 5. The zero-order chi connectivity index (χ0) is 33.8. The van der Waals surface area contributed by atoms with Crippen LogP contribution in [0.5, 0.6) is 5.75 Å². The molecule has 13 heteroatoms. The Morgan fingerprint density at radius 3 is 2.33 bits per heavy atom. The van der Waals surface area contributed by atoms with E-state index in [4.69, 9.17) is 9.72 Å². The summed E-state index contributed by atoms with van der Waals surface area (Å²) < 4.78 is 20.0. The summed E-state index contributed by atoms with van der Waals surface area (Å²) in [6.45, 7) is 12.4. The number of benzene rings is 2. The van der Waals surface area contributed by atoms with Gasteiger partial charge in [0.15, 0.2) is 0 Å². The number of likely N-dealkylation sites (N-methyl/N-ethyl adjacent to an activating group) is 1. The lowest BCUT2D eigenvalue weighted by Gasteiger charge is -2.43. The van der Waals surface area contributed by atoms with Crippen LogP contribution < -0.4 is 25.6 Å². The van der Waals surface area contributed by atoms with Gasteiger partial charge in [0.25, 0.3) is 0 Å².